The van der Waals surface area contributed by atoms with Crippen molar-refractivity contribution in [2.45, 2.75) is 13.8 Å². The normalized spacial score (nSPS) is 12.9. The van der Waals surface area contributed by atoms with Crippen LogP contribution in [0.3, 0.4) is 0 Å². The predicted molar refractivity (Wildman–Crippen MR) is 113 cm³/mol. The average Bonchev–Trinajstić information content (AvgIpc) is 2.95. The van der Waals surface area contributed by atoms with Gasteiger partial charge < -0.3 is 10.6 Å². The average molecular weight is 428 g/mol. The lowest BCUT2D eigenvalue weighted by Gasteiger charge is -2.15. The van der Waals surface area contributed by atoms with Crippen molar-refractivity contribution in [2.75, 3.05) is 19.6 Å². The lowest BCUT2D eigenvalue weighted by Crippen LogP contribution is -2.34. The van der Waals surface area contributed by atoms with Crippen LogP contribution < -0.4 is 10.6 Å². The molecule has 0 atom stereocenters. The second-order valence-corrected chi connectivity index (χ2v) is 7.77. The monoisotopic (exact) mass is 427 g/mol. The minimum absolute atomic E-state index is 0.149. The van der Waals surface area contributed by atoms with E-state index in [0.29, 0.717) is 22.7 Å². The van der Waals surface area contributed by atoms with Gasteiger partial charge in [-0.05, 0) is 36.2 Å². The number of carbonyl (C=O) groups excluding carboxylic acids is 4. The highest BCUT2D eigenvalue weighted by Crippen LogP contribution is 2.25. The number of rotatable bonds is 7. The molecule has 1 aliphatic heterocycles. The van der Waals surface area contributed by atoms with Crippen LogP contribution in [0.1, 0.15) is 55.3 Å². The van der Waals surface area contributed by atoms with Gasteiger partial charge in [0.1, 0.15) is 0 Å². The highest BCUT2D eigenvalue weighted by Gasteiger charge is 2.36. The fourth-order valence-corrected chi connectivity index (χ4v) is 3.38. The fourth-order valence-electron chi connectivity index (χ4n) is 3.16. The van der Waals surface area contributed by atoms with Crippen molar-refractivity contribution in [3.05, 3.63) is 69.7 Å². The maximum atomic E-state index is 12.5. The van der Waals surface area contributed by atoms with Crippen LogP contribution >= 0.6 is 11.6 Å². The Hall–Kier alpha value is -3.19. The van der Waals surface area contributed by atoms with Crippen LogP contribution in [0.5, 0.6) is 0 Å². The molecule has 0 spiro atoms. The molecule has 30 heavy (non-hydrogen) atoms. The molecule has 0 unspecified atom stereocenters. The first-order valence-corrected chi connectivity index (χ1v) is 9.98. The molecule has 0 aromatic heterocycles. The maximum absolute atomic E-state index is 12.5. The molecule has 0 saturated heterocycles. The van der Waals surface area contributed by atoms with Gasteiger partial charge in [0.15, 0.2) is 0 Å². The molecule has 0 aliphatic carbocycles. The van der Waals surface area contributed by atoms with Crippen molar-refractivity contribution in [3.8, 4) is 0 Å². The molecule has 2 N–H and O–H groups in total. The number of imide groups is 1. The number of hydrogen-bond donors (Lipinski definition) is 2. The van der Waals surface area contributed by atoms with Crippen LogP contribution in [-0.4, -0.2) is 48.2 Å². The highest BCUT2D eigenvalue weighted by atomic mass is 35.5. The topological polar surface area (TPSA) is 95.6 Å². The lowest BCUT2D eigenvalue weighted by molar-refractivity contribution is 0.0635. The molecule has 2 aromatic carbocycles. The zero-order chi connectivity index (χ0) is 21.8. The standard InChI is InChI=1S/C22H22ClN3O4/c1-13(2)12-26-21(29)15-8-7-14(11-17(15)22(26)30)19(27)24-9-10-25-20(28)16-5-3-4-6-18(16)23/h3-8,11,13H,9-10,12H2,1-2H3,(H,24,27)(H,25,28). The Labute approximate surface area is 179 Å². The van der Waals surface area contributed by atoms with E-state index in [0.717, 1.165) is 0 Å². The Morgan fingerprint density at radius 3 is 2.23 bits per heavy atom. The third-order valence-corrected chi connectivity index (χ3v) is 4.92. The maximum Gasteiger partial charge on any atom is 0.261 e. The minimum Gasteiger partial charge on any atom is -0.350 e. The molecule has 0 radical (unpaired) electrons. The first-order chi connectivity index (χ1) is 14.3. The molecule has 2 aromatic rings. The van der Waals surface area contributed by atoms with E-state index in [2.05, 4.69) is 10.6 Å². The number of hydrogen-bond acceptors (Lipinski definition) is 4. The summed E-state index contributed by atoms with van der Waals surface area (Å²) in [6.45, 7) is 4.58. The van der Waals surface area contributed by atoms with Crippen LogP contribution in [0.4, 0.5) is 0 Å². The van der Waals surface area contributed by atoms with Crippen molar-refractivity contribution < 1.29 is 19.2 Å². The van der Waals surface area contributed by atoms with Crippen LogP contribution in [0.2, 0.25) is 5.02 Å². The zero-order valence-electron chi connectivity index (χ0n) is 16.7. The summed E-state index contributed by atoms with van der Waals surface area (Å²) in [5, 5.41) is 5.72. The van der Waals surface area contributed by atoms with Crippen molar-refractivity contribution in [2.24, 2.45) is 5.92 Å². The molecule has 1 aliphatic rings. The largest absolute Gasteiger partial charge is 0.350 e. The number of halogens is 1. The van der Waals surface area contributed by atoms with Gasteiger partial charge >= 0.3 is 0 Å². The van der Waals surface area contributed by atoms with Gasteiger partial charge in [-0.1, -0.05) is 37.6 Å². The highest BCUT2D eigenvalue weighted by molar-refractivity contribution is 6.33. The molecule has 8 heteroatoms. The molecule has 0 bridgehead atoms. The number of benzene rings is 2. The van der Waals surface area contributed by atoms with E-state index in [-0.39, 0.29) is 47.9 Å². The molecule has 1 heterocycles. The van der Waals surface area contributed by atoms with Gasteiger partial charge in [-0.2, -0.15) is 0 Å². The Morgan fingerprint density at radius 2 is 1.57 bits per heavy atom. The van der Waals surface area contributed by atoms with Gasteiger partial charge in [-0.25, -0.2) is 0 Å². The van der Waals surface area contributed by atoms with Crippen molar-refractivity contribution >= 4 is 35.2 Å². The summed E-state index contributed by atoms with van der Waals surface area (Å²) in [4.78, 5) is 50.6. The van der Waals surface area contributed by atoms with Crippen LogP contribution in [-0.2, 0) is 0 Å². The van der Waals surface area contributed by atoms with E-state index >= 15 is 0 Å². The van der Waals surface area contributed by atoms with E-state index in [1.165, 1.54) is 23.1 Å². The molecule has 0 fully saturated rings. The molecule has 3 rings (SSSR count). The number of carbonyl (C=O) groups is 4. The lowest BCUT2D eigenvalue weighted by atomic mass is 10.1. The molecule has 7 nitrogen and oxygen atoms in total. The Bertz CT molecular complexity index is 1020. The van der Waals surface area contributed by atoms with Crippen molar-refractivity contribution in [1.82, 2.24) is 15.5 Å². The summed E-state index contributed by atoms with van der Waals surface area (Å²) < 4.78 is 0. The summed E-state index contributed by atoms with van der Waals surface area (Å²) in [6.07, 6.45) is 0. The Kier molecular flexibility index (Phi) is 6.52. The second kappa shape index (κ2) is 9.09. The summed E-state index contributed by atoms with van der Waals surface area (Å²) in [6, 6.07) is 11.1. The van der Waals surface area contributed by atoms with Crippen LogP contribution in [0.25, 0.3) is 0 Å². The summed E-state index contributed by atoms with van der Waals surface area (Å²) in [5.74, 6) is -1.30. The number of nitrogens with zero attached hydrogens (tertiary/aromatic N) is 1. The second-order valence-electron chi connectivity index (χ2n) is 7.37. The summed E-state index contributed by atoms with van der Waals surface area (Å²) >= 11 is 5.98. The molecule has 156 valence electrons. The number of nitrogens with one attached hydrogen (secondary N) is 2. The third-order valence-electron chi connectivity index (χ3n) is 4.60. The third kappa shape index (κ3) is 4.52. The fraction of sp³-hybridized carbons (Fsp3) is 0.273. The number of fused-ring (bicyclic) bond motifs is 1. The predicted octanol–water partition coefficient (Wildman–Crippen LogP) is 2.75. The Balaban J connectivity index is 1.57. The van der Waals surface area contributed by atoms with E-state index in [1.54, 1.807) is 24.3 Å². The number of amides is 4. The van der Waals surface area contributed by atoms with Gasteiger partial charge in [-0.3, -0.25) is 24.1 Å². The van der Waals surface area contributed by atoms with E-state index in [9.17, 15) is 19.2 Å². The Morgan fingerprint density at radius 1 is 0.933 bits per heavy atom. The minimum atomic E-state index is -0.396. The quantitative estimate of drug-likeness (QED) is 0.524. The van der Waals surface area contributed by atoms with Gasteiger partial charge in [0.25, 0.3) is 23.6 Å². The molecular formula is C22H22ClN3O4. The van der Waals surface area contributed by atoms with Gasteiger partial charge in [0, 0.05) is 25.2 Å². The van der Waals surface area contributed by atoms with Crippen LogP contribution in [0.15, 0.2) is 42.5 Å². The van der Waals surface area contributed by atoms with E-state index in [1.807, 2.05) is 13.8 Å². The summed E-state index contributed by atoms with van der Waals surface area (Å²) in [5.41, 5.74) is 1.18. The molecule has 4 amide bonds. The van der Waals surface area contributed by atoms with Gasteiger partial charge in [-0.15, -0.1) is 0 Å². The van der Waals surface area contributed by atoms with Crippen LogP contribution in [0, 0.1) is 5.92 Å². The first-order valence-electron chi connectivity index (χ1n) is 9.60. The van der Waals surface area contributed by atoms with E-state index in [4.69, 9.17) is 11.6 Å². The van der Waals surface area contributed by atoms with Crippen molar-refractivity contribution in [3.63, 3.8) is 0 Å². The molecule has 0 saturated carbocycles. The van der Waals surface area contributed by atoms with Gasteiger partial charge in [0.05, 0.1) is 21.7 Å². The van der Waals surface area contributed by atoms with E-state index < -0.39 is 5.91 Å². The summed E-state index contributed by atoms with van der Waals surface area (Å²) in [7, 11) is 0. The first kappa shape index (κ1) is 21.5. The van der Waals surface area contributed by atoms with Crippen molar-refractivity contribution in [1.29, 1.82) is 0 Å². The SMILES string of the molecule is CC(C)CN1C(=O)c2ccc(C(=O)NCCNC(=O)c3ccccc3Cl)cc2C1=O. The molecular weight excluding hydrogens is 406 g/mol. The zero-order valence-corrected chi connectivity index (χ0v) is 17.5. The smallest absolute Gasteiger partial charge is 0.261 e. The van der Waals surface area contributed by atoms with Gasteiger partial charge in [0.2, 0.25) is 0 Å².